The molecule has 1 rings (SSSR count). The summed E-state index contributed by atoms with van der Waals surface area (Å²) in [7, 11) is -0.544. The van der Waals surface area contributed by atoms with Crippen molar-refractivity contribution >= 4 is 15.9 Å². The van der Waals surface area contributed by atoms with Gasteiger partial charge in [-0.25, -0.2) is 0 Å². The Hall–Kier alpha value is 0.433. The SMILES string of the molecule is C[C]1[C](C)[C](C)[C](C)[C]1C.C[Si](C)[Si](C)(C)C.[C-]#[O+].[C-]#[O+].[Fe]. The Morgan fingerprint density at radius 2 is 0.727 bits per heavy atom. The van der Waals surface area contributed by atoms with E-state index in [-0.39, 0.29) is 25.4 Å². The molecular formula is C17H30FeO2Si2. The van der Waals surface area contributed by atoms with Crippen molar-refractivity contribution in [2.45, 2.75) is 67.4 Å². The summed E-state index contributed by atoms with van der Waals surface area (Å²) < 4.78 is 15.0. The van der Waals surface area contributed by atoms with E-state index in [1.54, 1.807) is 0 Å². The molecule has 0 heterocycles. The van der Waals surface area contributed by atoms with Gasteiger partial charge < -0.3 is 0 Å². The minimum absolute atomic E-state index is 0. The topological polar surface area (TPSA) is 39.8 Å². The van der Waals surface area contributed by atoms with Gasteiger partial charge in [0.2, 0.25) is 0 Å². The maximum Gasteiger partial charge on any atom is 0 e. The first kappa shape index (κ1) is 30.3. The third kappa shape index (κ3) is 11.0. The van der Waals surface area contributed by atoms with E-state index >= 15 is 0 Å². The van der Waals surface area contributed by atoms with Crippen molar-refractivity contribution in [3.05, 3.63) is 42.9 Å². The van der Waals surface area contributed by atoms with Crippen LogP contribution in [0.2, 0.25) is 32.7 Å². The maximum atomic E-state index is 7.50. The van der Waals surface area contributed by atoms with Crippen molar-refractivity contribution in [2.75, 3.05) is 0 Å². The quantitative estimate of drug-likeness (QED) is 0.348. The molecule has 1 aliphatic rings. The van der Waals surface area contributed by atoms with Crippen molar-refractivity contribution in [3.63, 3.8) is 0 Å². The molecule has 0 aromatic heterocycles. The van der Waals surface area contributed by atoms with E-state index in [2.05, 4.69) is 80.7 Å². The Morgan fingerprint density at radius 3 is 0.773 bits per heavy atom. The number of hydrogen-bond acceptors (Lipinski definition) is 0. The van der Waals surface area contributed by atoms with E-state index in [1.165, 1.54) is 29.6 Å². The Morgan fingerprint density at radius 1 is 0.636 bits per heavy atom. The zero-order valence-electron chi connectivity index (χ0n) is 15.7. The zero-order chi connectivity index (χ0) is 18.0. The van der Waals surface area contributed by atoms with E-state index in [9.17, 15) is 0 Å². The second-order valence-electron chi connectivity index (χ2n) is 6.38. The predicted molar refractivity (Wildman–Crippen MR) is 93.3 cm³/mol. The first-order valence-corrected chi connectivity index (χ1v) is 13.9. The second kappa shape index (κ2) is 15.0. The van der Waals surface area contributed by atoms with Crippen molar-refractivity contribution in [3.8, 4) is 0 Å². The molecule has 0 aromatic carbocycles. The van der Waals surface area contributed by atoms with Crippen LogP contribution in [0.5, 0.6) is 0 Å². The molecule has 1 saturated carbocycles. The van der Waals surface area contributed by atoms with Crippen LogP contribution < -0.4 is 0 Å². The van der Waals surface area contributed by atoms with Gasteiger partial charge in [0.1, 0.15) is 0 Å². The Bertz CT molecular complexity index is 247. The number of rotatable bonds is 1. The molecule has 126 valence electrons. The monoisotopic (exact) mass is 378 g/mol. The summed E-state index contributed by atoms with van der Waals surface area (Å²) in [6, 6.07) is 0. The molecule has 0 N–H and O–H groups in total. The van der Waals surface area contributed by atoms with Gasteiger partial charge in [0.25, 0.3) is 0 Å². The summed E-state index contributed by atoms with van der Waals surface area (Å²) in [6.07, 6.45) is 0. The summed E-state index contributed by atoms with van der Waals surface area (Å²) >= 11 is 0. The van der Waals surface area contributed by atoms with Crippen LogP contribution in [0.25, 0.3) is 0 Å². The minimum Gasteiger partial charge on any atom is 0 e. The summed E-state index contributed by atoms with van der Waals surface area (Å²) in [5, 5.41) is 0. The Balaban J connectivity index is -0.000000120. The molecule has 0 amide bonds. The smallest absolute Gasteiger partial charge is 0 e. The summed E-state index contributed by atoms with van der Waals surface area (Å²) in [6.45, 7) is 32.2. The van der Waals surface area contributed by atoms with Gasteiger partial charge in [0.05, 0.1) is 0 Å². The maximum absolute atomic E-state index is 7.50. The van der Waals surface area contributed by atoms with Crippen molar-refractivity contribution in [1.29, 1.82) is 0 Å². The first-order chi connectivity index (χ1) is 9.50. The van der Waals surface area contributed by atoms with Crippen LogP contribution in [0.15, 0.2) is 0 Å². The van der Waals surface area contributed by atoms with Crippen LogP contribution in [0.3, 0.4) is 0 Å². The average Bonchev–Trinajstić information content (AvgIpc) is 2.61. The molecule has 6 radical (unpaired) electrons. The predicted octanol–water partition coefficient (Wildman–Crippen LogP) is 5.05. The third-order valence-corrected chi connectivity index (χ3v) is 16.3. The van der Waals surface area contributed by atoms with E-state index < -0.39 is 7.59 Å². The van der Waals surface area contributed by atoms with E-state index in [4.69, 9.17) is 9.30 Å². The Kier molecular flexibility index (Phi) is 20.7. The van der Waals surface area contributed by atoms with Crippen LogP contribution in [0.4, 0.5) is 0 Å². The van der Waals surface area contributed by atoms with Crippen LogP contribution >= 0.6 is 0 Å². The van der Waals surface area contributed by atoms with Gasteiger partial charge in [0.15, 0.2) is 0 Å². The van der Waals surface area contributed by atoms with Crippen molar-refractivity contribution in [1.82, 2.24) is 0 Å². The zero-order valence-corrected chi connectivity index (χ0v) is 18.8. The minimum atomic E-state index is -0.633. The molecule has 2 nitrogen and oxygen atoms in total. The van der Waals surface area contributed by atoms with Crippen LogP contribution in [-0.2, 0) is 26.4 Å². The first-order valence-electron chi connectivity index (χ1n) is 6.91. The van der Waals surface area contributed by atoms with Gasteiger partial charge in [-0.3, -0.25) is 0 Å². The molecule has 0 saturated heterocycles. The second-order valence-corrected chi connectivity index (χ2v) is 20.4. The van der Waals surface area contributed by atoms with Crippen molar-refractivity contribution < 1.29 is 26.4 Å². The molecule has 0 unspecified atom stereocenters. The van der Waals surface area contributed by atoms with E-state index in [0.29, 0.717) is 0 Å². The van der Waals surface area contributed by atoms with E-state index in [0.717, 1.165) is 0 Å². The molecule has 1 fully saturated rings. The van der Waals surface area contributed by atoms with Gasteiger partial charge >= 0.3 is 22.6 Å². The van der Waals surface area contributed by atoms with Gasteiger partial charge in [-0.05, 0) is 29.6 Å². The van der Waals surface area contributed by atoms with Crippen LogP contribution in [-0.4, -0.2) is 15.9 Å². The van der Waals surface area contributed by atoms with Crippen LogP contribution in [0, 0.1) is 42.9 Å². The normalized spacial score (nSPS) is 17.2. The number of hydrogen-bond donors (Lipinski definition) is 0. The molecule has 5 heteroatoms. The van der Waals surface area contributed by atoms with Gasteiger partial charge in [-0.15, -0.1) is 0 Å². The molecule has 0 atom stereocenters. The van der Waals surface area contributed by atoms with Crippen LogP contribution in [0.1, 0.15) is 34.6 Å². The summed E-state index contributed by atoms with van der Waals surface area (Å²) in [5.41, 5.74) is 0. The average molecular weight is 378 g/mol. The fraction of sp³-hybridized carbons (Fsp3) is 0.588. The molecular weight excluding hydrogens is 348 g/mol. The van der Waals surface area contributed by atoms with Gasteiger partial charge in [0, 0.05) is 33.0 Å². The largest absolute Gasteiger partial charge is 0 e. The summed E-state index contributed by atoms with van der Waals surface area (Å²) in [5.74, 6) is 7.34. The van der Waals surface area contributed by atoms with Gasteiger partial charge in [-0.1, -0.05) is 67.4 Å². The molecule has 0 aliphatic heterocycles. The molecule has 0 bridgehead atoms. The molecule has 0 aromatic rings. The standard InChI is InChI=1S/C10H15.C5H15Si2.2CO.Fe/c1-6-7(2)9(4)10(5)8(6)3;1-6(2)7(3,4)5;2*1-2;/h1-5H3;1-5H3;;;. The van der Waals surface area contributed by atoms with Gasteiger partial charge in [-0.2, -0.15) is 0 Å². The fourth-order valence-corrected chi connectivity index (χ4v) is 1.41. The third-order valence-electron chi connectivity index (χ3n) is 4.31. The molecule has 22 heavy (non-hydrogen) atoms. The van der Waals surface area contributed by atoms with Crippen molar-refractivity contribution in [2.24, 2.45) is 0 Å². The molecule has 0 spiro atoms. The summed E-state index contributed by atoms with van der Waals surface area (Å²) in [4.78, 5) is 0. The fourth-order valence-electron chi connectivity index (χ4n) is 1.41. The van der Waals surface area contributed by atoms with E-state index in [1.807, 2.05) is 0 Å². The molecule has 1 aliphatic carbocycles. The Labute approximate surface area is 152 Å².